The summed E-state index contributed by atoms with van der Waals surface area (Å²) in [5, 5.41) is 0. The van der Waals surface area contributed by atoms with Crippen molar-refractivity contribution >= 4 is 18.0 Å². The molecule has 0 radical (unpaired) electrons. The van der Waals surface area contributed by atoms with E-state index in [1.807, 2.05) is 6.92 Å². The number of carbonyl (C=O) groups excluding carboxylic acids is 3. The molecule has 0 aromatic heterocycles. The molecule has 0 unspecified atom stereocenters. The Morgan fingerprint density at radius 2 is 1.87 bits per heavy atom. The van der Waals surface area contributed by atoms with E-state index in [1.165, 1.54) is 6.92 Å². The largest absolute Gasteiger partial charge is 0.468 e. The van der Waals surface area contributed by atoms with E-state index in [0.29, 0.717) is 19.5 Å². The van der Waals surface area contributed by atoms with Crippen LogP contribution in [-0.4, -0.2) is 24.6 Å². The number of hydrogen-bond acceptors (Lipinski definition) is 4. The van der Waals surface area contributed by atoms with Gasteiger partial charge in [-0.15, -0.1) is 0 Å². The highest BCUT2D eigenvalue weighted by molar-refractivity contribution is 5.97. The van der Waals surface area contributed by atoms with Crippen molar-refractivity contribution in [3.8, 4) is 0 Å². The highest BCUT2D eigenvalue weighted by Gasteiger charge is 2.02. The van der Waals surface area contributed by atoms with Crippen LogP contribution in [0, 0.1) is 0 Å². The number of rotatable bonds is 7. The second kappa shape index (κ2) is 12.8. The Morgan fingerprint density at radius 3 is 2.13 bits per heavy atom. The van der Waals surface area contributed by atoms with E-state index in [4.69, 9.17) is 0 Å². The fourth-order valence-electron chi connectivity index (χ4n) is 0.808. The Hall–Kier alpha value is -1.19. The Labute approximate surface area is 91.0 Å². The minimum absolute atomic E-state index is 0.0268. The van der Waals surface area contributed by atoms with E-state index in [9.17, 15) is 14.4 Å². The zero-order chi connectivity index (χ0) is 12.1. The van der Waals surface area contributed by atoms with Crippen molar-refractivity contribution in [3.05, 3.63) is 0 Å². The molecule has 4 nitrogen and oxygen atoms in total. The molecule has 0 aromatic carbocycles. The van der Waals surface area contributed by atoms with Crippen molar-refractivity contribution in [3.63, 3.8) is 0 Å². The van der Waals surface area contributed by atoms with Gasteiger partial charge in [-0.2, -0.15) is 0 Å². The van der Waals surface area contributed by atoms with Crippen molar-refractivity contribution in [2.75, 3.05) is 6.61 Å². The van der Waals surface area contributed by atoms with E-state index >= 15 is 0 Å². The number of ketones is 2. The number of ether oxygens (including phenoxy) is 1. The van der Waals surface area contributed by atoms with Crippen molar-refractivity contribution in [1.29, 1.82) is 0 Å². The minimum Gasteiger partial charge on any atom is -0.468 e. The maximum Gasteiger partial charge on any atom is 0.293 e. The third-order valence-corrected chi connectivity index (χ3v) is 1.49. The summed E-state index contributed by atoms with van der Waals surface area (Å²) in [6.45, 7) is 6.14. The average Bonchev–Trinajstić information content (AvgIpc) is 2.16. The molecular weight excluding hydrogens is 196 g/mol. The van der Waals surface area contributed by atoms with Gasteiger partial charge in [0, 0.05) is 6.42 Å². The summed E-state index contributed by atoms with van der Waals surface area (Å²) in [6, 6.07) is 0. The van der Waals surface area contributed by atoms with E-state index in [1.54, 1.807) is 6.92 Å². The first-order valence-corrected chi connectivity index (χ1v) is 5.14. The molecule has 0 saturated heterocycles. The first-order valence-electron chi connectivity index (χ1n) is 5.14. The van der Waals surface area contributed by atoms with Gasteiger partial charge < -0.3 is 4.74 Å². The monoisotopic (exact) mass is 216 g/mol. The fourth-order valence-corrected chi connectivity index (χ4v) is 0.808. The summed E-state index contributed by atoms with van der Waals surface area (Å²) in [7, 11) is 0. The molecule has 0 aromatic rings. The molecule has 0 aliphatic rings. The molecule has 4 heteroatoms. The van der Waals surface area contributed by atoms with Gasteiger partial charge in [-0.3, -0.25) is 14.4 Å². The van der Waals surface area contributed by atoms with Crippen LogP contribution in [0.2, 0.25) is 0 Å². The van der Waals surface area contributed by atoms with Gasteiger partial charge in [-0.1, -0.05) is 13.3 Å². The van der Waals surface area contributed by atoms with Crippen LogP contribution in [-0.2, 0) is 19.1 Å². The van der Waals surface area contributed by atoms with Crippen LogP contribution >= 0.6 is 0 Å². The SMILES string of the molecule is CCCCC(=O)CC(C)=O.CCOC=O. The zero-order valence-electron chi connectivity index (χ0n) is 9.75. The summed E-state index contributed by atoms with van der Waals surface area (Å²) >= 11 is 0. The molecule has 15 heavy (non-hydrogen) atoms. The summed E-state index contributed by atoms with van der Waals surface area (Å²) < 4.78 is 4.15. The molecule has 0 aliphatic carbocycles. The standard InChI is InChI=1S/C8H14O2.C3H6O2/c1-3-4-5-8(10)6-7(2)9;1-2-5-3-4/h3-6H2,1-2H3;3H,2H2,1H3. The second-order valence-corrected chi connectivity index (χ2v) is 3.07. The number of Topliss-reactive ketones (excluding diaryl/α,β-unsaturated/α-hetero) is 2. The normalized spacial score (nSPS) is 8.47. The molecule has 0 spiro atoms. The van der Waals surface area contributed by atoms with Crippen LogP contribution in [0.5, 0.6) is 0 Å². The van der Waals surface area contributed by atoms with E-state index in [0.717, 1.165) is 12.8 Å². The summed E-state index contributed by atoms with van der Waals surface area (Å²) in [6.07, 6.45) is 2.62. The summed E-state index contributed by atoms with van der Waals surface area (Å²) in [4.78, 5) is 30.4. The van der Waals surface area contributed by atoms with Gasteiger partial charge in [0.15, 0.2) is 0 Å². The number of unbranched alkanes of at least 4 members (excludes halogenated alkanes) is 1. The molecule has 0 saturated carbocycles. The lowest BCUT2D eigenvalue weighted by atomic mass is 10.1. The first-order chi connectivity index (χ1) is 7.08. The van der Waals surface area contributed by atoms with Gasteiger partial charge in [-0.25, -0.2) is 0 Å². The lowest BCUT2D eigenvalue weighted by Crippen LogP contribution is -2.03. The van der Waals surface area contributed by atoms with Crippen LogP contribution < -0.4 is 0 Å². The molecular formula is C11H20O4. The van der Waals surface area contributed by atoms with Gasteiger partial charge in [0.1, 0.15) is 11.6 Å². The smallest absolute Gasteiger partial charge is 0.293 e. The average molecular weight is 216 g/mol. The van der Waals surface area contributed by atoms with E-state index in [-0.39, 0.29) is 18.0 Å². The maximum absolute atomic E-state index is 10.8. The Balaban J connectivity index is 0. The van der Waals surface area contributed by atoms with Gasteiger partial charge in [0.2, 0.25) is 0 Å². The van der Waals surface area contributed by atoms with Crippen molar-refractivity contribution in [2.24, 2.45) is 0 Å². The highest BCUT2D eigenvalue weighted by Crippen LogP contribution is 1.98. The third kappa shape index (κ3) is 19.3. The first kappa shape index (κ1) is 16.2. The van der Waals surface area contributed by atoms with Crippen LogP contribution in [0.3, 0.4) is 0 Å². The number of carbonyl (C=O) groups is 3. The third-order valence-electron chi connectivity index (χ3n) is 1.49. The molecule has 0 heterocycles. The molecule has 0 N–H and O–H groups in total. The second-order valence-electron chi connectivity index (χ2n) is 3.07. The quantitative estimate of drug-likeness (QED) is 0.481. The Morgan fingerprint density at radius 1 is 1.27 bits per heavy atom. The van der Waals surface area contributed by atoms with Crippen LogP contribution in [0.15, 0.2) is 0 Å². The number of hydrogen-bond donors (Lipinski definition) is 0. The van der Waals surface area contributed by atoms with Crippen molar-refractivity contribution in [2.45, 2.75) is 46.5 Å². The lowest BCUT2D eigenvalue weighted by molar-refractivity contribution is -0.128. The predicted octanol–water partition coefficient (Wildman–Crippen LogP) is 1.90. The molecule has 0 amide bonds. The van der Waals surface area contributed by atoms with Gasteiger partial charge in [0.05, 0.1) is 13.0 Å². The van der Waals surface area contributed by atoms with Gasteiger partial charge >= 0.3 is 0 Å². The minimum atomic E-state index is -0.0268. The van der Waals surface area contributed by atoms with E-state index in [2.05, 4.69) is 4.74 Å². The van der Waals surface area contributed by atoms with Crippen molar-refractivity contribution in [1.82, 2.24) is 0 Å². The highest BCUT2D eigenvalue weighted by atomic mass is 16.5. The Bertz CT molecular complexity index is 187. The van der Waals surface area contributed by atoms with Gasteiger partial charge in [-0.05, 0) is 20.3 Å². The van der Waals surface area contributed by atoms with Gasteiger partial charge in [0.25, 0.3) is 6.47 Å². The molecule has 0 atom stereocenters. The van der Waals surface area contributed by atoms with Crippen LogP contribution in [0.1, 0.15) is 46.5 Å². The molecule has 0 bridgehead atoms. The topological polar surface area (TPSA) is 60.4 Å². The predicted molar refractivity (Wildman–Crippen MR) is 57.5 cm³/mol. The molecule has 0 aliphatic heterocycles. The zero-order valence-corrected chi connectivity index (χ0v) is 9.75. The van der Waals surface area contributed by atoms with Crippen molar-refractivity contribution < 1.29 is 19.1 Å². The summed E-state index contributed by atoms with van der Waals surface area (Å²) in [5.41, 5.74) is 0. The van der Waals surface area contributed by atoms with E-state index < -0.39 is 0 Å². The van der Waals surface area contributed by atoms with Crippen LogP contribution in [0.25, 0.3) is 0 Å². The molecule has 0 rings (SSSR count). The molecule has 0 fully saturated rings. The summed E-state index contributed by atoms with van der Waals surface area (Å²) in [5.74, 6) is 0.0513. The fraction of sp³-hybridized carbons (Fsp3) is 0.727. The lowest BCUT2D eigenvalue weighted by Gasteiger charge is -1.93. The molecule has 88 valence electrons. The maximum atomic E-state index is 10.8. The van der Waals surface area contributed by atoms with Crippen LogP contribution in [0.4, 0.5) is 0 Å². The Kier molecular flexibility index (Phi) is 13.9.